The van der Waals surface area contributed by atoms with E-state index in [0.29, 0.717) is 24.3 Å². The second-order valence-electron chi connectivity index (χ2n) is 4.72. The van der Waals surface area contributed by atoms with Crippen molar-refractivity contribution in [3.8, 4) is 17.2 Å². The van der Waals surface area contributed by atoms with Crippen LogP contribution in [0.25, 0.3) is 0 Å². The number of ether oxygens (including phenoxy) is 2. The predicted molar refractivity (Wildman–Crippen MR) is 83.4 cm³/mol. The van der Waals surface area contributed by atoms with E-state index in [1.165, 1.54) is 0 Å². The summed E-state index contributed by atoms with van der Waals surface area (Å²) in [6.07, 6.45) is 1.50. The van der Waals surface area contributed by atoms with Crippen molar-refractivity contribution in [2.24, 2.45) is 0 Å². The summed E-state index contributed by atoms with van der Waals surface area (Å²) in [6, 6.07) is 14.7. The molecule has 21 heavy (non-hydrogen) atoms. The minimum atomic E-state index is 0.138. The van der Waals surface area contributed by atoms with Crippen molar-refractivity contribution in [1.82, 2.24) is 0 Å². The second-order valence-corrected chi connectivity index (χ2v) is 4.72. The molecular formula is C18H20O3. The molecule has 0 saturated heterocycles. The normalized spacial score (nSPS) is 10.2. The molecule has 0 unspecified atom stereocenters. The summed E-state index contributed by atoms with van der Waals surface area (Å²) in [4.78, 5) is 11.6. The monoisotopic (exact) mass is 284 g/mol. The minimum Gasteiger partial charge on any atom is -0.494 e. The van der Waals surface area contributed by atoms with Crippen LogP contribution in [0.3, 0.4) is 0 Å². The fourth-order valence-corrected chi connectivity index (χ4v) is 1.87. The van der Waals surface area contributed by atoms with Gasteiger partial charge in [-0.1, -0.05) is 13.8 Å². The first-order valence-electron chi connectivity index (χ1n) is 7.27. The van der Waals surface area contributed by atoms with E-state index in [1.54, 1.807) is 12.1 Å². The highest BCUT2D eigenvalue weighted by Gasteiger charge is 2.03. The largest absolute Gasteiger partial charge is 0.494 e. The Morgan fingerprint density at radius 3 is 1.90 bits per heavy atom. The van der Waals surface area contributed by atoms with Crippen LogP contribution >= 0.6 is 0 Å². The van der Waals surface area contributed by atoms with Gasteiger partial charge < -0.3 is 9.47 Å². The third-order valence-electron chi connectivity index (χ3n) is 3.03. The molecule has 0 heterocycles. The van der Waals surface area contributed by atoms with Gasteiger partial charge in [-0.05, 0) is 55.0 Å². The summed E-state index contributed by atoms with van der Waals surface area (Å²) in [7, 11) is 0. The van der Waals surface area contributed by atoms with Gasteiger partial charge in [-0.25, -0.2) is 0 Å². The highest BCUT2D eigenvalue weighted by Crippen LogP contribution is 2.24. The molecule has 3 nitrogen and oxygen atoms in total. The van der Waals surface area contributed by atoms with Gasteiger partial charge in [0.25, 0.3) is 0 Å². The number of carbonyl (C=O) groups excluding carboxylic acids is 1. The average Bonchev–Trinajstić information content (AvgIpc) is 2.54. The van der Waals surface area contributed by atoms with Crippen LogP contribution in [0.5, 0.6) is 17.2 Å². The van der Waals surface area contributed by atoms with Gasteiger partial charge in [0, 0.05) is 12.0 Å². The van der Waals surface area contributed by atoms with Crippen LogP contribution in [0.15, 0.2) is 48.5 Å². The summed E-state index contributed by atoms with van der Waals surface area (Å²) < 4.78 is 11.3. The molecule has 0 radical (unpaired) electrons. The van der Waals surface area contributed by atoms with Crippen molar-refractivity contribution >= 4 is 5.78 Å². The lowest BCUT2D eigenvalue weighted by Crippen LogP contribution is -1.96. The maximum Gasteiger partial charge on any atom is 0.162 e. The molecule has 0 amide bonds. The molecule has 2 aromatic rings. The first-order valence-corrected chi connectivity index (χ1v) is 7.27. The molecule has 0 N–H and O–H groups in total. The minimum absolute atomic E-state index is 0.138. The van der Waals surface area contributed by atoms with Crippen LogP contribution < -0.4 is 9.47 Å². The molecule has 110 valence electrons. The van der Waals surface area contributed by atoms with Gasteiger partial charge in [0.15, 0.2) is 5.78 Å². The molecule has 0 atom stereocenters. The van der Waals surface area contributed by atoms with Crippen molar-refractivity contribution in [3.63, 3.8) is 0 Å². The zero-order valence-corrected chi connectivity index (χ0v) is 12.5. The molecule has 0 spiro atoms. The zero-order chi connectivity index (χ0) is 15.1. The number of Topliss-reactive ketones (excluding diaryl/α,β-unsaturated/α-hetero) is 1. The molecule has 2 aromatic carbocycles. The quantitative estimate of drug-likeness (QED) is 0.681. The number of hydrogen-bond acceptors (Lipinski definition) is 3. The predicted octanol–water partition coefficient (Wildman–Crippen LogP) is 4.86. The number of benzene rings is 2. The van der Waals surface area contributed by atoms with E-state index < -0.39 is 0 Å². The standard InChI is InChI=1S/C18H20O3/c1-3-13-20-15-9-11-17(12-10-15)21-16-7-5-14(6-8-16)18(19)4-2/h5-12H,3-4,13H2,1-2H3. The van der Waals surface area contributed by atoms with Crippen molar-refractivity contribution in [1.29, 1.82) is 0 Å². The van der Waals surface area contributed by atoms with E-state index >= 15 is 0 Å². The summed E-state index contributed by atoms with van der Waals surface area (Å²) >= 11 is 0. The highest BCUT2D eigenvalue weighted by atomic mass is 16.5. The van der Waals surface area contributed by atoms with Gasteiger partial charge in [-0.3, -0.25) is 4.79 Å². The fourth-order valence-electron chi connectivity index (χ4n) is 1.87. The van der Waals surface area contributed by atoms with Gasteiger partial charge >= 0.3 is 0 Å². The summed E-state index contributed by atoms with van der Waals surface area (Å²) in [6.45, 7) is 4.65. The average molecular weight is 284 g/mol. The molecule has 3 heteroatoms. The Kier molecular flexibility index (Phi) is 5.38. The third kappa shape index (κ3) is 4.35. The van der Waals surface area contributed by atoms with E-state index in [0.717, 1.165) is 17.9 Å². The van der Waals surface area contributed by atoms with Crippen molar-refractivity contribution < 1.29 is 14.3 Å². The first kappa shape index (κ1) is 15.1. The van der Waals surface area contributed by atoms with Crippen molar-refractivity contribution in [2.75, 3.05) is 6.61 Å². The molecule has 0 aliphatic heterocycles. The number of rotatable bonds is 7. The van der Waals surface area contributed by atoms with Crippen LogP contribution in [-0.2, 0) is 0 Å². The van der Waals surface area contributed by atoms with E-state index in [9.17, 15) is 4.79 Å². The Labute approximate surface area is 125 Å². The van der Waals surface area contributed by atoms with E-state index in [1.807, 2.05) is 43.3 Å². The molecule has 2 rings (SSSR count). The molecule has 0 aliphatic carbocycles. The molecule has 0 aromatic heterocycles. The molecule has 0 bridgehead atoms. The summed E-state index contributed by atoms with van der Waals surface area (Å²) in [5.74, 6) is 2.44. The van der Waals surface area contributed by atoms with Crippen LogP contribution in [0.4, 0.5) is 0 Å². The Balaban J connectivity index is 1.99. The lowest BCUT2D eigenvalue weighted by Gasteiger charge is -2.08. The Morgan fingerprint density at radius 1 is 0.857 bits per heavy atom. The highest BCUT2D eigenvalue weighted by molar-refractivity contribution is 5.95. The SMILES string of the molecule is CCCOc1ccc(Oc2ccc(C(=O)CC)cc2)cc1. The maximum absolute atomic E-state index is 11.6. The van der Waals surface area contributed by atoms with Crippen LogP contribution in [0, 0.1) is 0 Å². The lowest BCUT2D eigenvalue weighted by molar-refractivity contribution is 0.0988. The smallest absolute Gasteiger partial charge is 0.162 e. The van der Waals surface area contributed by atoms with Crippen molar-refractivity contribution in [2.45, 2.75) is 26.7 Å². The van der Waals surface area contributed by atoms with Crippen LogP contribution in [0.2, 0.25) is 0 Å². The Hall–Kier alpha value is -2.29. The van der Waals surface area contributed by atoms with Crippen LogP contribution in [0.1, 0.15) is 37.0 Å². The van der Waals surface area contributed by atoms with E-state index in [-0.39, 0.29) is 5.78 Å². The third-order valence-corrected chi connectivity index (χ3v) is 3.03. The Bertz CT molecular complexity index is 570. The van der Waals surface area contributed by atoms with Gasteiger partial charge in [0.2, 0.25) is 0 Å². The Morgan fingerprint density at radius 2 is 1.38 bits per heavy atom. The molecular weight excluding hydrogens is 264 g/mol. The molecule has 0 aliphatic rings. The lowest BCUT2D eigenvalue weighted by atomic mass is 10.1. The van der Waals surface area contributed by atoms with Gasteiger partial charge in [0.05, 0.1) is 6.61 Å². The number of hydrogen-bond donors (Lipinski definition) is 0. The number of carbonyl (C=O) groups is 1. The van der Waals surface area contributed by atoms with Gasteiger partial charge in [-0.2, -0.15) is 0 Å². The van der Waals surface area contributed by atoms with Crippen LogP contribution in [-0.4, -0.2) is 12.4 Å². The number of ketones is 1. The van der Waals surface area contributed by atoms with Gasteiger partial charge in [0.1, 0.15) is 17.2 Å². The second kappa shape index (κ2) is 7.48. The zero-order valence-electron chi connectivity index (χ0n) is 12.5. The molecule has 0 fully saturated rings. The topological polar surface area (TPSA) is 35.5 Å². The van der Waals surface area contributed by atoms with E-state index in [4.69, 9.17) is 9.47 Å². The summed E-state index contributed by atoms with van der Waals surface area (Å²) in [5, 5.41) is 0. The molecule has 0 saturated carbocycles. The fraction of sp³-hybridized carbons (Fsp3) is 0.278. The van der Waals surface area contributed by atoms with Gasteiger partial charge in [-0.15, -0.1) is 0 Å². The van der Waals surface area contributed by atoms with Crippen molar-refractivity contribution in [3.05, 3.63) is 54.1 Å². The van der Waals surface area contributed by atoms with E-state index in [2.05, 4.69) is 6.92 Å². The summed E-state index contributed by atoms with van der Waals surface area (Å²) in [5.41, 5.74) is 0.716. The maximum atomic E-state index is 11.6. The first-order chi connectivity index (χ1) is 10.2.